The lowest BCUT2D eigenvalue weighted by Crippen LogP contribution is -2.08. The zero-order valence-electron chi connectivity index (χ0n) is 6.38. The molecule has 0 aromatic carbocycles. The molecule has 0 spiro atoms. The first-order valence-electron chi connectivity index (χ1n) is 3.44. The van der Waals surface area contributed by atoms with Crippen LogP contribution >= 0.6 is 22.2 Å². The van der Waals surface area contributed by atoms with Gasteiger partial charge < -0.3 is 0 Å². The third-order valence-electron chi connectivity index (χ3n) is 0.963. The molecule has 0 radical (unpaired) electrons. The molecule has 10 heavy (non-hydrogen) atoms. The standard InChI is InChI=1S/C7H12Cl2Si/c1-3-4-5-6-7-10(2,8)9/h3-5H2,1-2H3. The summed E-state index contributed by atoms with van der Waals surface area (Å²) in [6, 6.07) is 0. The molecule has 0 atom stereocenters. The maximum Gasteiger partial charge on any atom is 0.321 e. The predicted octanol–water partition coefficient (Wildman–Crippen LogP) is 3.27. The molecule has 3 heteroatoms. The third-order valence-corrected chi connectivity index (χ3v) is 2.15. The van der Waals surface area contributed by atoms with Crippen LogP contribution in [0.5, 0.6) is 0 Å². The van der Waals surface area contributed by atoms with Crippen molar-refractivity contribution in [3.63, 3.8) is 0 Å². The second-order valence-electron chi connectivity index (χ2n) is 2.29. The third kappa shape index (κ3) is 8.36. The highest BCUT2D eigenvalue weighted by atomic mass is 35.7. The van der Waals surface area contributed by atoms with Gasteiger partial charge in [-0.15, -0.1) is 28.1 Å². The van der Waals surface area contributed by atoms with Gasteiger partial charge in [0.05, 0.1) is 0 Å². The number of rotatable bonds is 2. The molecule has 0 aromatic heterocycles. The van der Waals surface area contributed by atoms with E-state index in [-0.39, 0.29) is 0 Å². The Kier molecular flexibility index (Phi) is 5.25. The van der Waals surface area contributed by atoms with E-state index in [1.54, 1.807) is 0 Å². The maximum absolute atomic E-state index is 5.74. The maximum atomic E-state index is 5.74. The molecule has 0 rings (SSSR count). The molecule has 0 bridgehead atoms. The highest BCUT2D eigenvalue weighted by molar-refractivity contribution is 7.48. The first-order valence-corrected chi connectivity index (χ1v) is 7.96. The van der Waals surface area contributed by atoms with E-state index < -0.39 is 6.69 Å². The van der Waals surface area contributed by atoms with Crippen LogP contribution in [0, 0.1) is 11.5 Å². The summed E-state index contributed by atoms with van der Waals surface area (Å²) in [4.78, 5) is 0. The Bertz CT molecular complexity index is 138. The van der Waals surface area contributed by atoms with Crippen LogP contribution in [0.4, 0.5) is 0 Å². The molecule has 0 saturated carbocycles. The first-order chi connectivity index (χ1) is 4.56. The lowest BCUT2D eigenvalue weighted by Gasteiger charge is -1.95. The monoisotopic (exact) mass is 194 g/mol. The van der Waals surface area contributed by atoms with Gasteiger partial charge in [-0.25, -0.2) is 0 Å². The molecular weight excluding hydrogens is 183 g/mol. The summed E-state index contributed by atoms with van der Waals surface area (Å²) in [5.41, 5.74) is 2.88. The molecule has 58 valence electrons. The normalized spacial score (nSPS) is 10.4. The number of halogens is 2. The van der Waals surface area contributed by atoms with Gasteiger partial charge in [-0.3, -0.25) is 0 Å². The van der Waals surface area contributed by atoms with E-state index >= 15 is 0 Å². The minimum atomic E-state index is -2.12. The molecule has 0 aromatic rings. The molecule has 0 heterocycles. The van der Waals surface area contributed by atoms with Gasteiger partial charge in [0.1, 0.15) is 0 Å². The lowest BCUT2D eigenvalue weighted by atomic mass is 10.3. The van der Waals surface area contributed by atoms with Gasteiger partial charge in [0.15, 0.2) is 0 Å². The molecule has 0 aliphatic carbocycles. The zero-order valence-corrected chi connectivity index (χ0v) is 8.89. The van der Waals surface area contributed by atoms with Crippen LogP contribution in [0.3, 0.4) is 0 Å². The second kappa shape index (κ2) is 5.07. The number of hydrogen-bond acceptors (Lipinski definition) is 0. The van der Waals surface area contributed by atoms with E-state index in [9.17, 15) is 0 Å². The van der Waals surface area contributed by atoms with Crippen molar-refractivity contribution in [3.8, 4) is 11.5 Å². The average molecular weight is 195 g/mol. The van der Waals surface area contributed by atoms with Crippen LogP contribution in [-0.4, -0.2) is 6.69 Å². The molecule has 0 fully saturated rings. The topological polar surface area (TPSA) is 0 Å². The van der Waals surface area contributed by atoms with E-state index in [1.165, 1.54) is 6.42 Å². The molecule has 0 amide bonds. The summed E-state index contributed by atoms with van der Waals surface area (Å²) in [5.74, 6) is 2.97. The summed E-state index contributed by atoms with van der Waals surface area (Å²) in [7, 11) is 0. The highest BCUT2D eigenvalue weighted by Gasteiger charge is 2.15. The molecule has 0 aliphatic heterocycles. The summed E-state index contributed by atoms with van der Waals surface area (Å²) in [5, 5.41) is 0. The average Bonchev–Trinajstić information content (AvgIpc) is 1.78. The van der Waals surface area contributed by atoms with Crippen molar-refractivity contribution < 1.29 is 0 Å². The van der Waals surface area contributed by atoms with Gasteiger partial charge in [0, 0.05) is 6.42 Å². The zero-order chi connectivity index (χ0) is 8.04. The smallest absolute Gasteiger partial charge is 0.130 e. The van der Waals surface area contributed by atoms with Crippen LogP contribution in [0.1, 0.15) is 26.2 Å². The summed E-state index contributed by atoms with van der Waals surface area (Å²) >= 11 is 11.5. The first kappa shape index (κ1) is 10.4. The Morgan fingerprint density at radius 2 is 2.00 bits per heavy atom. The van der Waals surface area contributed by atoms with Crippen LogP contribution < -0.4 is 0 Å². The molecule has 0 nitrogen and oxygen atoms in total. The fourth-order valence-corrected chi connectivity index (χ4v) is 1.32. The van der Waals surface area contributed by atoms with Gasteiger partial charge in [-0.05, 0) is 13.0 Å². The Hall–Kier alpha value is 0.357. The largest absolute Gasteiger partial charge is 0.321 e. The van der Waals surface area contributed by atoms with Crippen LogP contribution in [0.15, 0.2) is 0 Å². The fraction of sp³-hybridized carbons (Fsp3) is 0.714. The lowest BCUT2D eigenvalue weighted by molar-refractivity contribution is 0.828. The van der Waals surface area contributed by atoms with E-state index in [2.05, 4.69) is 18.4 Å². The van der Waals surface area contributed by atoms with Crippen LogP contribution in [0.2, 0.25) is 6.55 Å². The van der Waals surface area contributed by atoms with Crippen LogP contribution in [0.25, 0.3) is 0 Å². The molecule has 0 N–H and O–H groups in total. The summed E-state index contributed by atoms with van der Waals surface area (Å²) in [6.45, 7) is 1.83. The molecule has 0 aliphatic rings. The molecule has 0 saturated heterocycles. The fourth-order valence-electron chi connectivity index (χ4n) is 0.483. The van der Waals surface area contributed by atoms with Gasteiger partial charge in [0.25, 0.3) is 0 Å². The Morgan fingerprint density at radius 3 is 2.40 bits per heavy atom. The van der Waals surface area contributed by atoms with E-state index in [0.717, 1.165) is 12.8 Å². The SMILES string of the molecule is CCCCC#C[Si](C)(Cl)Cl. The van der Waals surface area contributed by atoms with Crippen molar-refractivity contribution in [3.05, 3.63) is 0 Å². The van der Waals surface area contributed by atoms with Gasteiger partial charge in [0.2, 0.25) is 0 Å². The quantitative estimate of drug-likeness (QED) is 0.274. The Labute approximate surface area is 73.3 Å². The van der Waals surface area contributed by atoms with Crippen molar-refractivity contribution in [2.75, 3.05) is 0 Å². The minimum absolute atomic E-state index is 0.929. The van der Waals surface area contributed by atoms with Crippen molar-refractivity contribution in [2.45, 2.75) is 32.7 Å². The number of hydrogen-bond donors (Lipinski definition) is 0. The Morgan fingerprint density at radius 1 is 1.40 bits per heavy atom. The Balaban J connectivity index is 3.50. The van der Waals surface area contributed by atoms with Crippen molar-refractivity contribution in [1.82, 2.24) is 0 Å². The second-order valence-corrected chi connectivity index (χ2v) is 9.44. The van der Waals surface area contributed by atoms with E-state index in [4.69, 9.17) is 22.2 Å². The minimum Gasteiger partial charge on any atom is -0.130 e. The van der Waals surface area contributed by atoms with Crippen molar-refractivity contribution >= 4 is 28.9 Å². The van der Waals surface area contributed by atoms with Gasteiger partial charge in [-0.1, -0.05) is 18.9 Å². The summed E-state index contributed by atoms with van der Waals surface area (Å²) < 4.78 is 0. The number of unbranched alkanes of at least 4 members (excludes halogenated alkanes) is 2. The summed E-state index contributed by atoms with van der Waals surface area (Å²) in [6.07, 6.45) is 3.25. The van der Waals surface area contributed by atoms with E-state index in [0.29, 0.717) is 0 Å². The van der Waals surface area contributed by atoms with Crippen molar-refractivity contribution in [1.29, 1.82) is 0 Å². The van der Waals surface area contributed by atoms with E-state index in [1.807, 2.05) is 6.55 Å². The van der Waals surface area contributed by atoms with Crippen molar-refractivity contribution in [2.24, 2.45) is 0 Å². The van der Waals surface area contributed by atoms with Crippen LogP contribution in [-0.2, 0) is 0 Å². The predicted molar refractivity (Wildman–Crippen MR) is 50.6 cm³/mol. The molecule has 0 unspecified atom stereocenters. The van der Waals surface area contributed by atoms with Gasteiger partial charge in [-0.2, -0.15) is 0 Å². The molecular formula is C7H12Cl2Si. The van der Waals surface area contributed by atoms with Gasteiger partial charge >= 0.3 is 6.69 Å². The highest BCUT2D eigenvalue weighted by Crippen LogP contribution is 2.11.